The van der Waals surface area contributed by atoms with E-state index in [9.17, 15) is 0 Å². The van der Waals surface area contributed by atoms with Gasteiger partial charge in [-0.25, -0.2) is 0 Å². The van der Waals surface area contributed by atoms with Gasteiger partial charge in [-0.3, -0.25) is 0 Å². The van der Waals surface area contributed by atoms with E-state index in [1.807, 2.05) is 0 Å². The average molecular weight is 217 g/mol. The smallest absolute Gasteiger partial charge is 0.0700 e. The molecular formula is C12H27NO2. The molecule has 0 heterocycles. The third-order valence-corrected chi connectivity index (χ3v) is 2.38. The Kier molecular flexibility index (Phi) is 11.9. The molecule has 92 valence electrons. The third-order valence-electron chi connectivity index (χ3n) is 2.38. The van der Waals surface area contributed by atoms with Gasteiger partial charge in [0.15, 0.2) is 0 Å². The molecule has 0 aromatic heterocycles. The Balaban J connectivity index is 3.02. The fourth-order valence-electron chi connectivity index (χ4n) is 1.38. The zero-order valence-corrected chi connectivity index (χ0v) is 10.6. The van der Waals surface area contributed by atoms with Crippen molar-refractivity contribution in [2.75, 3.05) is 33.5 Å². The van der Waals surface area contributed by atoms with Crippen LogP contribution in [-0.2, 0) is 9.47 Å². The van der Waals surface area contributed by atoms with E-state index in [1.165, 1.54) is 19.3 Å². The van der Waals surface area contributed by atoms with E-state index in [-0.39, 0.29) is 0 Å². The summed E-state index contributed by atoms with van der Waals surface area (Å²) in [6.45, 7) is 7.77. The molecule has 0 amide bonds. The summed E-state index contributed by atoms with van der Waals surface area (Å²) < 4.78 is 10.3. The van der Waals surface area contributed by atoms with Crippen LogP contribution in [0, 0.1) is 0 Å². The second-order valence-corrected chi connectivity index (χ2v) is 3.96. The Morgan fingerprint density at radius 3 is 2.60 bits per heavy atom. The van der Waals surface area contributed by atoms with E-state index in [0.29, 0.717) is 19.3 Å². The minimum atomic E-state index is 0.643. The molecule has 15 heavy (non-hydrogen) atoms. The molecule has 0 aliphatic rings. The second kappa shape index (κ2) is 12.0. The van der Waals surface area contributed by atoms with Crippen LogP contribution in [0.15, 0.2) is 0 Å². The molecule has 1 unspecified atom stereocenters. The SMILES string of the molecule is CCCCC(C)NCCCOCCOC. The van der Waals surface area contributed by atoms with Gasteiger partial charge in [0, 0.05) is 19.8 Å². The van der Waals surface area contributed by atoms with Gasteiger partial charge in [0.25, 0.3) is 0 Å². The molecule has 0 radical (unpaired) electrons. The fraction of sp³-hybridized carbons (Fsp3) is 1.00. The number of methoxy groups -OCH3 is 1. The molecule has 1 atom stereocenters. The lowest BCUT2D eigenvalue weighted by molar-refractivity contribution is 0.0692. The predicted molar refractivity (Wildman–Crippen MR) is 64.3 cm³/mol. The first kappa shape index (κ1) is 14.9. The maximum absolute atomic E-state index is 5.37. The van der Waals surface area contributed by atoms with Crippen molar-refractivity contribution < 1.29 is 9.47 Å². The molecule has 0 bridgehead atoms. The van der Waals surface area contributed by atoms with Crippen molar-refractivity contribution in [3.63, 3.8) is 0 Å². The normalized spacial score (nSPS) is 13.0. The number of rotatable bonds is 11. The van der Waals surface area contributed by atoms with E-state index in [1.54, 1.807) is 7.11 Å². The zero-order chi connectivity index (χ0) is 11.4. The minimum Gasteiger partial charge on any atom is -0.382 e. The Morgan fingerprint density at radius 1 is 1.13 bits per heavy atom. The lowest BCUT2D eigenvalue weighted by Crippen LogP contribution is -2.27. The van der Waals surface area contributed by atoms with Gasteiger partial charge < -0.3 is 14.8 Å². The summed E-state index contributed by atoms with van der Waals surface area (Å²) in [4.78, 5) is 0. The van der Waals surface area contributed by atoms with Crippen LogP contribution in [0.2, 0.25) is 0 Å². The van der Waals surface area contributed by atoms with Crippen LogP contribution in [0.5, 0.6) is 0 Å². The molecule has 0 aromatic rings. The lowest BCUT2D eigenvalue weighted by Gasteiger charge is -2.12. The van der Waals surface area contributed by atoms with Crippen LogP contribution in [0.3, 0.4) is 0 Å². The first-order valence-electron chi connectivity index (χ1n) is 6.11. The van der Waals surface area contributed by atoms with Crippen LogP contribution < -0.4 is 5.32 Å². The average Bonchev–Trinajstić information content (AvgIpc) is 2.25. The molecule has 0 spiro atoms. The number of nitrogens with one attached hydrogen (secondary N) is 1. The quantitative estimate of drug-likeness (QED) is 0.538. The third kappa shape index (κ3) is 11.8. The van der Waals surface area contributed by atoms with Gasteiger partial charge in [0.05, 0.1) is 13.2 Å². The summed E-state index contributed by atoms with van der Waals surface area (Å²) >= 11 is 0. The molecule has 0 aliphatic heterocycles. The van der Waals surface area contributed by atoms with Crippen molar-refractivity contribution in [2.45, 2.75) is 45.6 Å². The van der Waals surface area contributed by atoms with Gasteiger partial charge in [0.2, 0.25) is 0 Å². The Hall–Kier alpha value is -0.120. The van der Waals surface area contributed by atoms with Crippen molar-refractivity contribution in [1.82, 2.24) is 5.32 Å². The molecule has 1 N–H and O–H groups in total. The summed E-state index contributed by atoms with van der Waals surface area (Å²) in [6, 6.07) is 0.643. The highest BCUT2D eigenvalue weighted by Gasteiger charge is 1.98. The summed E-state index contributed by atoms with van der Waals surface area (Å²) in [6.07, 6.45) is 4.96. The van der Waals surface area contributed by atoms with Gasteiger partial charge in [-0.1, -0.05) is 19.8 Å². The molecule has 0 fully saturated rings. The highest BCUT2D eigenvalue weighted by atomic mass is 16.5. The zero-order valence-electron chi connectivity index (χ0n) is 10.6. The maximum atomic E-state index is 5.37. The monoisotopic (exact) mass is 217 g/mol. The van der Waals surface area contributed by atoms with E-state index < -0.39 is 0 Å². The van der Waals surface area contributed by atoms with Crippen molar-refractivity contribution in [1.29, 1.82) is 0 Å². The molecule has 3 heteroatoms. The van der Waals surface area contributed by atoms with Crippen molar-refractivity contribution in [3.05, 3.63) is 0 Å². The van der Waals surface area contributed by atoms with Crippen LogP contribution in [-0.4, -0.2) is 39.5 Å². The number of hydrogen-bond acceptors (Lipinski definition) is 3. The summed E-state index contributed by atoms with van der Waals surface area (Å²) in [7, 11) is 1.69. The number of ether oxygens (including phenoxy) is 2. The molecule has 0 aliphatic carbocycles. The summed E-state index contributed by atoms with van der Waals surface area (Å²) in [5.74, 6) is 0. The largest absolute Gasteiger partial charge is 0.382 e. The summed E-state index contributed by atoms with van der Waals surface area (Å²) in [5.41, 5.74) is 0. The van der Waals surface area contributed by atoms with Crippen LogP contribution in [0.4, 0.5) is 0 Å². The van der Waals surface area contributed by atoms with Gasteiger partial charge in [-0.15, -0.1) is 0 Å². The molecule has 0 saturated carbocycles. The van der Waals surface area contributed by atoms with Crippen molar-refractivity contribution >= 4 is 0 Å². The van der Waals surface area contributed by atoms with Crippen LogP contribution in [0.25, 0.3) is 0 Å². The second-order valence-electron chi connectivity index (χ2n) is 3.96. The predicted octanol–water partition coefficient (Wildman–Crippen LogP) is 2.21. The van der Waals surface area contributed by atoms with Crippen LogP contribution >= 0.6 is 0 Å². The van der Waals surface area contributed by atoms with Crippen molar-refractivity contribution in [2.24, 2.45) is 0 Å². The first-order chi connectivity index (χ1) is 7.31. The summed E-state index contributed by atoms with van der Waals surface area (Å²) in [5, 5.41) is 3.50. The molecular weight excluding hydrogens is 190 g/mol. The standard InChI is InChI=1S/C12H27NO2/c1-4-5-7-12(2)13-8-6-9-15-11-10-14-3/h12-13H,4-11H2,1-3H3. The van der Waals surface area contributed by atoms with E-state index >= 15 is 0 Å². The number of unbranched alkanes of at least 4 members (excludes halogenated alkanes) is 1. The highest BCUT2D eigenvalue weighted by molar-refractivity contribution is 4.59. The minimum absolute atomic E-state index is 0.643. The lowest BCUT2D eigenvalue weighted by atomic mass is 10.1. The Labute approximate surface area is 94.5 Å². The van der Waals surface area contributed by atoms with E-state index in [0.717, 1.165) is 19.6 Å². The molecule has 0 aromatic carbocycles. The maximum Gasteiger partial charge on any atom is 0.0700 e. The van der Waals surface area contributed by atoms with E-state index in [4.69, 9.17) is 9.47 Å². The first-order valence-corrected chi connectivity index (χ1v) is 6.11. The number of hydrogen-bond donors (Lipinski definition) is 1. The highest BCUT2D eigenvalue weighted by Crippen LogP contribution is 1.99. The Morgan fingerprint density at radius 2 is 1.93 bits per heavy atom. The van der Waals surface area contributed by atoms with Gasteiger partial charge >= 0.3 is 0 Å². The Bertz CT molecular complexity index is 120. The molecule has 3 nitrogen and oxygen atoms in total. The van der Waals surface area contributed by atoms with Gasteiger partial charge in [-0.05, 0) is 26.3 Å². The van der Waals surface area contributed by atoms with E-state index in [2.05, 4.69) is 19.2 Å². The van der Waals surface area contributed by atoms with Gasteiger partial charge in [0.1, 0.15) is 0 Å². The topological polar surface area (TPSA) is 30.5 Å². The fourth-order valence-corrected chi connectivity index (χ4v) is 1.38. The van der Waals surface area contributed by atoms with Crippen LogP contribution in [0.1, 0.15) is 39.5 Å². The van der Waals surface area contributed by atoms with Crippen molar-refractivity contribution in [3.8, 4) is 0 Å². The molecule has 0 saturated heterocycles. The molecule has 0 rings (SSSR count). The van der Waals surface area contributed by atoms with Gasteiger partial charge in [-0.2, -0.15) is 0 Å².